The lowest BCUT2D eigenvalue weighted by atomic mass is 10.1. The van der Waals surface area contributed by atoms with Gasteiger partial charge < -0.3 is 4.74 Å². The van der Waals surface area contributed by atoms with Gasteiger partial charge in [-0.2, -0.15) is 4.39 Å². The number of ether oxygens (including phenoxy) is 1. The van der Waals surface area contributed by atoms with Crippen LogP contribution in [-0.4, -0.2) is 11.5 Å². The van der Waals surface area contributed by atoms with Crippen molar-refractivity contribution in [3.63, 3.8) is 0 Å². The summed E-state index contributed by atoms with van der Waals surface area (Å²) in [5.41, 5.74) is -1.05. The van der Waals surface area contributed by atoms with Crippen LogP contribution in [-0.2, 0) is 0 Å². The van der Waals surface area contributed by atoms with Crippen LogP contribution in [0.25, 0.3) is 0 Å². The molecule has 0 bridgehead atoms. The van der Waals surface area contributed by atoms with E-state index in [1.165, 1.54) is 6.92 Å². The van der Waals surface area contributed by atoms with Crippen LogP contribution in [0.4, 0.5) is 14.5 Å². The minimum absolute atomic E-state index is 0.173. The number of nitro groups is 1. The number of nitrogens with zero attached hydrogens (tertiary/aromatic N) is 1. The van der Waals surface area contributed by atoms with E-state index in [9.17, 15) is 18.9 Å². The average molecular weight is 245 g/mol. The number of benzene rings is 1. The van der Waals surface area contributed by atoms with Crippen LogP contribution in [0, 0.1) is 28.7 Å². The first-order chi connectivity index (χ1) is 7.99. The lowest BCUT2D eigenvalue weighted by molar-refractivity contribution is -0.387. The maximum absolute atomic E-state index is 13.5. The molecule has 0 saturated carbocycles. The van der Waals surface area contributed by atoms with Gasteiger partial charge in [0, 0.05) is 5.56 Å². The highest BCUT2D eigenvalue weighted by atomic mass is 19.1. The topological polar surface area (TPSA) is 52.4 Å². The number of unbranched alkanes of at least 4 members (excludes halogenated alkanes) is 1. The molecule has 94 valence electrons. The van der Waals surface area contributed by atoms with Crippen molar-refractivity contribution in [1.82, 2.24) is 0 Å². The van der Waals surface area contributed by atoms with E-state index in [0.29, 0.717) is 12.5 Å². The number of rotatable bonds is 5. The normalized spacial score (nSPS) is 10.4. The van der Waals surface area contributed by atoms with E-state index in [0.717, 1.165) is 6.42 Å². The van der Waals surface area contributed by atoms with E-state index >= 15 is 0 Å². The zero-order valence-corrected chi connectivity index (χ0v) is 9.63. The summed E-state index contributed by atoms with van der Waals surface area (Å²) in [4.78, 5) is 9.50. The second kappa shape index (κ2) is 5.56. The van der Waals surface area contributed by atoms with Crippen molar-refractivity contribution in [3.8, 4) is 5.75 Å². The molecule has 0 aromatic heterocycles. The first-order valence-corrected chi connectivity index (χ1v) is 5.24. The summed E-state index contributed by atoms with van der Waals surface area (Å²) in [5.74, 6) is -2.21. The molecular formula is C11H13F2NO3. The van der Waals surface area contributed by atoms with E-state index < -0.39 is 22.2 Å². The molecule has 0 N–H and O–H groups in total. The maximum atomic E-state index is 13.5. The summed E-state index contributed by atoms with van der Waals surface area (Å²) in [6.45, 7) is 3.45. The SMILES string of the molecule is CCCCOc1c(F)cc([N+](=O)[O-])c(F)c1C. The summed E-state index contributed by atoms with van der Waals surface area (Å²) in [5, 5.41) is 10.5. The first kappa shape index (κ1) is 13.3. The maximum Gasteiger partial charge on any atom is 0.308 e. The largest absolute Gasteiger partial charge is 0.490 e. The van der Waals surface area contributed by atoms with Crippen LogP contribution in [0.5, 0.6) is 5.75 Å². The molecule has 1 rings (SSSR count). The fourth-order valence-electron chi connectivity index (χ4n) is 1.35. The second-order valence-corrected chi connectivity index (χ2v) is 3.60. The summed E-state index contributed by atoms with van der Waals surface area (Å²) in [7, 11) is 0. The van der Waals surface area contributed by atoms with Crippen LogP contribution in [0.3, 0.4) is 0 Å². The number of hydrogen-bond acceptors (Lipinski definition) is 3. The van der Waals surface area contributed by atoms with Crippen molar-refractivity contribution in [3.05, 3.63) is 33.4 Å². The monoisotopic (exact) mass is 245 g/mol. The Kier molecular flexibility index (Phi) is 4.37. The van der Waals surface area contributed by atoms with Gasteiger partial charge in [0.1, 0.15) is 0 Å². The molecule has 0 fully saturated rings. The number of nitro benzene ring substituents is 1. The van der Waals surface area contributed by atoms with E-state index in [2.05, 4.69) is 0 Å². The molecular weight excluding hydrogens is 232 g/mol. The molecule has 4 nitrogen and oxygen atoms in total. The van der Waals surface area contributed by atoms with Crippen LogP contribution >= 0.6 is 0 Å². The molecule has 0 aliphatic heterocycles. The third kappa shape index (κ3) is 2.89. The Balaban J connectivity index is 3.08. The average Bonchev–Trinajstić information content (AvgIpc) is 2.28. The van der Waals surface area contributed by atoms with E-state index in [-0.39, 0.29) is 17.9 Å². The van der Waals surface area contributed by atoms with E-state index in [1.807, 2.05) is 6.92 Å². The highest BCUT2D eigenvalue weighted by Gasteiger charge is 2.23. The van der Waals surface area contributed by atoms with Crippen molar-refractivity contribution in [2.24, 2.45) is 0 Å². The molecule has 1 aromatic rings. The third-order valence-electron chi connectivity index (χ3n) is 2.32. The van der Waals surface area contributed by atoms with Crippen molar-refractivity contribution in [2.75, 3.05) is 6.61 Å². The smallest absolute Gasteiger partial charge is 0.308 e. The van der Waals surface area contributed by atoms with Crippen LogP contribution in [0.15, 0.2) is 6.07 Å². The number of halogens is 2. The highest BCUT2D eigenvalue weighted by Crippen LogP contribution is 2.31. The van der Waals surface area contributed by atoms with E-state index in [1.54, 1.807) is 0 Å². The van der Waals surface area contributed by atoms with Crippen LogP contribution in [0.1, 0.15) is 25.3 Å². The van der Waals surface area contributed by atoms with Gasteiger partial charge in [-0.1, -0.05) is 13.3 Å². The third-order valence-corrected chi connectivity index (χ3v) is 2.32. The lowest BCUT2D eigenvalue weighted by Gasteiger charge is -2.10. The molecule has 0 spiro atoms. The van der Waals surface area contributed by atoms with Gasteiger partial charge in [-0.05, 0) is 13.3 Å². The predicted molar refractivity (Wildman–Crippen MR) is 58.2 cm³/mol. The van der Waals surface area contributed by atoms with Crippen LogP contribution < -0.4 is 4.74 Å². The minimum Gasteiger partial charge on any atom is -0.490 e. The summed E-state index contributed by atoms with van der Waals surface area (Å²) in [6.07, 6.45) is 1.56. The Labute approximate surface area is 97.4 Å². The van der Waals surface area contributed by atoms with Gasteiger partial charge in [0.15, 0.2) is 11.6 Å². The molecule has 0 heterocycles. The van der Waals surface area contributed by atoms with Gasteiger partial charge in [-0.15, -0.1) is 0 Å². The molecule has 0 aliphatic carbocycles. The highest BCUT2D eigenvalue weighted by molar-refractivity contribution is 5.46. The van der Waals surface area contributed by atoms with Gasteiger partial charge in [-0.3, -0.25) is 10.1 Å². The van der Waals surface area contributed by atoms with Gasteiger partial charge in [0.05, 0.1) is 17.6 Å². The molecule has 0 saturated heterocycles. The molecule has 0 radical (unpaired) electrons. The van der Waals surface area contributed by atoms with Crippen molar-refractivity contribution in [2.45, 2.75) is 26.7 Å². The standard InChI is InChI=1S/C11H13F2NO3/c1-3-4-5-17-11-7(2)10(13)9(14(15)16)6-8(11)12/h6H,3-5H2,1-2H3. The Morgan fingerprint density at radius 3 is 2.65 bits per heavy atom. The Hall–Kier alpha value is -1.72. The zero-order chi connectivity index (χ0) is 13.0. The quantitative estimate of drug-likeness (QED) is 0.454. The fourth-order valence-corrected chi connectivity index (χ4v) is 1.35. The van der Waals surface area contributed by atoms with Crippen molar-refractivity contribution in [1.29, 1.82) is 0 Å². The summed E-state index contributed by atoms with van der Waals surface area (Å²) >= 11 is 0. The van der Waals surface area contributed by atoms with Gasteiger partial charge in [0.25, 0.3) is 0 Å². The molecule has 0 unspecified atom stereocenters. The van der Waals surface area contributed by atoms with Crippen molar-refractivity contribution < 1.29 is 18.4 Å². The van der Waals surface area contributed by atoms with Gasteiger partial charge in [0.2, 0.25) is 5.82 Å². The molecule has 1 aromatic carbocycles. The molecule has 0 aliphatic rings. The van der Waals surface area contributed by atoms with E-state index in [4.69, 9.17) is 4.74 Å². The van der Waals surface area contributed by atoms with Crippen LogP contribution in [0.2, 0.25) is 0 Å². The second-order valence-electron chi connectivity index (χ2n) is 3.60. The lowest BCUT2D eigenvalue weighted by Crippen LogP contribution is -2.04. The Morgan fingerprint density at radius 2 is 2.12 bits per heavy atom. The van der Waals surface area contributed by atoms with Crippen molar-refractivity contribution >= 4 is 5.69 Å². The number of hydrogen-bond donors (Lipinski definition) is 0. The Bertz CT molecular complexity index is 435. The van der Waals surface area contributed by atoms with Gasteiger partial charge in [-0.25, -0.2) is 4.39 Å². The summed E-state index contributed by atoms with van der Waals surface area (Å²) in [6, 6.07) is 0.545. The molecule has 6 heteroatoms. The minimum atomic E-state index is -1.05. The summed E-state index contributed by atoms with van der Waals surface area (Å²) < 4.78 is 32.1. The van der Waals surface area contributed by atoms with Gasteiger partial charge >= 0.3 is 5.69 Å². The molecule has 0 amide bonds. The molecule has 0 atom stereocenters. The predicted octanol–water partition coefficient (Wildman–Crippen LogP) is 3.36. The zero-order valence-electron chi connectivity index (χ0n) is 9.63. The first-order valence-electron chi connectivity index (χ1n) is 5.24. The molecule has 17 heavy (non-hydrogen) atoms. The fraction of sp³-hybridized carbons (Fsp3) is 0.455. The Morgan fingerprint density at radius 1 is 1.47 bits per heavy atom.